The van der Waals surface area contributed by atoms with Gasteiger partial charge in [-0.25, -0.2) is 4.79 Å². The minimum Gasteiger partial charge on any atom is -0.465 e. The molecule has 1 atom stereocenters. The lowest BCUT2D eigenvalue weighted by molar-refractivity contribution is -0.150. The van der Waals surface area contributed by atoms with E-state index in [2.05, 4.69) is 10.6 Å². The second-order valence-corrected chi connectivity index (χ2v) is 10.9. The minimum atomic E-state index is -3.43. The van der Waals surface area contributed by atoms with Crippen LogP contribution in [0.2, 0.25) is 0 Å². The van der Waals surface area contributed by atoms with E-state index in [4.69, 9.17) is 28.4 Å². The maximum Gasteiger partial charge on any atom is 0.332 e. The average Bonchev–Trinajstić information content (AvgIpc) is 2.86. The van der Waals surface area contributed by atoms with Gasteiger partial charge >= 0.3 is 19.5 Å². The molecule has 0 bridgehead atoms. The first-order valence-corrected chi connectivity index (χ1v) is 15.7. The van der Waals surface area contributed by atoms with Gasteiger partial charge in [0.25, 0.3) is 0 Å². The highest BCUT2D eigenvalue weighted by molar-refractivity contribution is 7.51. The molecule has 0 radical (unpaired) electrons. The number of ether oxygens (including phenoxy) is 4. The second kappa shape index (κ2) is 24.7. The molecule has 0 aromatic heterocycles. The van der Waals surface area contributed by atoms with Crippen LogP contribution in [-0.4, -0.2) is 119 Å². The first-order valence-electron chi connectivity index (χ1n) is 13.7. The maximum atomic E-state index is 12.3. The molecule has 0 saturated carbocycles. The molecule has 40 heavy (non-hydrogen) atoms. The topological polar surface area (TPSA) is 179 Å². The summed E-state index contributed by atoms with van der Waals surface area (Å²) in [4.78, 5) is 57.4. The molecule has 3 N–H and O–H groups in total. The predicted octanol–water partition coefficient (Wildman–Crippen LogP) is 0.853. The van der Waals surface area contributed by atoms with Crippen molar-refractivity contribution in [1.82, 2.24) is 15.5 Å². The van der Waals surface area contributed by atoms with Crippen molar-refractivity contribution in [2.75, 3.05) is 85.6 Å². The molecule has 15 heteroatoms. The zero-order valence-electron chi connectivity index (χ0n) is 24.2. The van der Waals surface area contributed by atoms with Crippen molar-refractivity contribution < 1.29 is 52.1 Å². The third-order valence-corrected chi connectivity index (χ3v) is 5.77. The van der Waals surface area contributed by atoms with E-state index in [9.17, 15) is 23.7 Å². The van der Waals surface area contributed by atoms with Crippen LogP contribution in [0.25, 0.3) is 0 Å². The van der Waals surface area contributed by atoms with Crippen molar-refractivity contribution in [1.29, 1.82) is 0 Å². The second-order valence-electron chi connectivity index (χ2n) is 9.00. The summed E-state index contributed by atoms with van der Waals surface area (Å²) in [6, 6.07) is 0. The van der Waals surface area contributed by atoms with Gasteiger partial charge in [-0.05, 0) is 19.3 Å². The zero-order valence-corrected chi connectivity index (χ0v) is 25.0. The Morgan fingerprint density at radius 2 is 1.45 bits per heavy atom. The van der Waals surface area contributed by atoms with E-state index in [1.165, 1.54) is 6.92 Å². The lowest BCUT2D eigenvalue weighted by atomic mass is 10.2. The largest absolute Gasteiger partial charge is 0.465 e. The van der Waals surface area contributed by atoms with Crippen LogP contribution in [0, 0.1) is 0 Å². The van der Waals surface area contributed by atoms with Gasteiger partial charge in [-0.2, -0.15) is 0 Å². The number of hydrogen-bond acceptors (Lipinski definition) is 11. The molecule has 0 fully saturated rings. The van der Waals surface area contributed by atoms with Gasteiger partial charge in [-0.1, -0.05) is 19.8 Å². The Labute approximate surface area is 237 Å². The number of unbranched alkanes of at least 4 members (excludes halogenated alkanes) is 3. The Balaban J connectivity index is 4.05. The Kier molecular flexibility index (Phi) is 23.4. The van der Waals surface area contributed by atoms with Gasteiger partial charge in [0.2, 0.25) is 11.8 Å². The van der Waals surface area contributed by atoms with Crippen molar-refractivity contribution in [2.24, 2.45) is 0 Å². The molecule has 0 saturated heterocycles. The summed E-state index contributed by atoms with van der Waals surface area (Å²) in [5.41, 5.74) is 0. The van der Waals surface area contributed by atoms with Gasteiger partial charge < -0.3 is 39.0 Å². The fraction of sp³-hybridized carbons (Fsp3) is 0.840. The quantitative estimate of drug-likeness (QED) is 0.0728. The number of carbonyl (C=O) groups excluding carboxylic acids is 4. The van der Waals surface area contributed by atoms with Crippen LogP contribution in [0.3, 0.4) is 0 Å². The van der Waals surface area contributed by atoms with Gasteiger partial charge in [0.05, 0.1) is 33.0 Å². The highest BCUT2D eigenvalue weighted by Gasteiger charge is 2.13. The number of esters is 2. The number of hydrogen-bond donors (Lipinski definition) is 3. The van der Waals surface area contributed by atoms with Crippen LogP contribution in [0.4, 0.5) is 0 Å². The number of nitrogens with zero attached hydrogens (tertiary/aromatic N) is 1. The lowest BCUT2D eigenvalue weighted by Gasteiger charge is -2.21. The van der Waals surface area contributed by atoms with Crippen LogP contribution in [0.15, 0.2) is 0 Å². The van der Waals surface area contributed by atoms with E-state index in [0.29, 0.717) is 39.1 Å². The smallest absolute Gasteiger partial charge is 0.332 e. The maximum absolute atomic E-state index is 12.3. The van der Waals surface area contributed by atoms with Crippen molar-refractivity contribution in [3.63, 3.8) is 0 Å². The average molecular weight is 598 g/mol. The van der Waals surface area contributed by atoms with E-state index in [1.807, 2.05) is 6.92 Å². The summed E-state index contributed by atoms with van der Waals surface area (Å²) in [7, 11) is -3.43. The van der Waals surface area contributed by atoms with Crippen LogP contribution in [-0.2, 0) is 47.2 Å². The van der Waals surface area contributed by atoms with E-state index >= 15 is 0 Å². The van der Waals surface area contributed by atoms with Crippen molar-refractivity contribution >= 4 is 31.3 Å². The summed E-state index contributed by atoms with van der Waals surface area (Å²) in [6.45, 7) is 6.81. The Morgan fingerprint density at radius 3 is 2.12 bits per heavy atom. The van der Waals surface area contributed by atoms with Gasteiger partial charge in [-0.3, -0.25) is 23.8 Å². The zero-order chi connectivity index (χ0) is 30.1. The fourth-order valence-corrected chi connectivity index (χ4v) is 3.64. The van der Waals surface area contributed by atoms with E-state index in [0.717, 1.165) is 32.3 Å². The van der Waals surface area contributed by atoms with Gasteiger partial charge in [-0.15, -0.1) is 0 Å². The van der Waals surface area contributed by atoms with Crippen molar-refractivity contribution in [3.8, 4) is 0 Å². The molecule has 14 nitrogen and oxygen atoms in total. The Morgan fingerprint density at radius 1 is 0.800 bits per heavy atom. The molecule has 234 valence electrons. The van der Waals surface area contributed by atoms with Gasteiger partial charge in [0.1, 0.15) is 19.8 Å². The molecule has 0 aliphatic carbocycles. The van der Waals surface area contributed by atoms with E-state index < -0.39 is 19.5 Å². The predicted molar refractivity (Wildman–Crippen MR) is 147 cm³/mol. The normalized spacial score (nSPS) is 12.5. The van der Waals surface area contributed by atoms with Crippen molar-refractivity contribution in [3.05, 3.63) is 0 Å². The first-order chi connectivity index (χ1) is 19.0. The Hall–Kier alpha value is -2.09. The summed E-state index contributed by atoms with van der Waals surface area (Å²) in [5.74, 6) is -1.20. The highest BCUT2D eigenvalue weighted by atomic mass is 31.2. The molecule has 0 aromatic carbocycles. The first kappa shape index (κ1) is 37.9. The summed E-state index contributed by atoms with van der Waals surface area (Å²) in [6.07, 6.45) is 4.33. The third-order valence-electron chi connectivity index (χ3n) is 5.11. The number of rotatable bonds is 26. The summed E-state index contributed by atoms with van der Waals surface area (Å²) >= 11 is 0. The summed E-state index contributed by atoms with van der Waals surface area (Å²) < 4.78 is 36.5. The molecule has 0 rings (SSSR count). The van der Waals surface area contributed by atoms with Crippen LogP contribution < -0.4 is 10.6 Å². The monoisotopic (exact) mass is 597 g/mol. The van der Waals surface area contributed by atoms with Crippen LogP contribution in [0.5, 0.6) is 0 Å². The molecule has 0 aliphatic heterocycles. The molecule has 0 heterocycles. The molecule has 0 aliphatic rings. The standard InChI is InChI=1S/C25H48N3O11P/c1-4-9-23(30)27-11-15-35-18-19-36-21-25(32)38-17-13-28(12-16-37-22(2)29)20-24(31)26-10-7-5-6-8-14-39-40(3,33)34/h4-21H2,1-3H3,(H,26,31)(H,27,30)(H,33,34). The van der Waals surface area contributed by atoms with Gasteiger partial charge in [0, 0.05) is 46.2 Å². The Bertz CT molecular complexity index is 764. The SMILES string of the molecule is CCCC(=O)NCCOCCOCC(=O)OCCN(CCOC(C)=O)CC(=O)NCCCCCCOP(C)(=O)O. The molecule has 0 spiro atoms. The third kappa shape index (κ3) is 27.5. The molecular formula is C25H48N3O11P. The number of amides is 2. The van der Waals surface area contributed by atoms with E-state index in [-0.39, 0.29) is 64.5 Å². The van der Waals surface area contributed by atoms with Crippen molar-refractivity contribution in [2.45, 2.75) is 52.4 Å². The number of nitrogens with one attached hydrogen (secondary N) is 2. The molecule has 2 amide bonds. The lowest BCUT2D eigenvalue weighted by Crippen LogP contribution is -2.41. The van der Waals surface area contributed by atoms with Crippen LogP contribution >= 0.6 is 7.60 Å². The number of carbonyl (C=O) groups is 4. The molecule has 0 aromatic rings. The van der Waals surface area contributed by atoms with Gasteiger partial charge in [0.15, 0.2) is 0 Å². The molecule has 1 unspecified atom stereocenters. The minimum absolute atomic E-state index is 0.0128. The van der Waals surface area contributed by atoms with Crippen LogP contribution in [0.1, 0.15) is 52.4 Å². The molecular weight excluding hydrogens is 549 g/mol. The fourth-order valence-electron chi connectivity index (χ4n) is 3.17. The highest BCUT2D eigenvalue weighted by Crippen LogP contribution is 2.36. The van der Waals surface area contributed by atoms with E-state index in [1.54, 1.807) is 4.90 Å². The summed E-state index contributed by atoms with van der Waals surface area (Å²) in [5, 5.41) is 5.56.